The minimum absolute atomic E-state index is 0.0314. The molecule has 0 aromatic heterocycles. The first-order chi connectivity index (χ1) is 14.0. The molecule has 3 aromatic rings. The number of Topliss-reactive ketones (excluding diaryl/α,β-unsaturated/α-hetero) is 1. The number of ketones is 1. The highest BCUT2D eigenvalue weighted by Gasteiger charge is 2.46. The first-order valence-corrected chi connectivity index (χ1v) is 8.88. The van der Waals surface area contributed by atoms with E-state index in [1.165, 1.54) is 29.2 Å². The standard InChI is InChI=1S/C23H16FNO4/c24-16-10-6-15(7-11-16)21(27)19-20(14-8-12-18(26)13-9-14)25(23(29)22(19)28)17-4-2-1-3-5-17/h1-13,20,26-27H/b21-19-. The summed E-state index contributed by atoms with van der Waals surface area (Å²) in [6, 6.07) is 18.8. The number of aliphatic hydroxyl groups excluding tert-OH is 1. The van der Waals surface area contributed by atoms with Gasteiger partial charge in [-0.15, -0.1) is 0 Å². The minimum atomic E-state index is -0.900. The normalized spacial score (nSPS) is 18.2. The number of anilines is 1. The Hall–Kier alpha value is -3.93. The molecular weight excluding hydrogens is 373 g/mol. The number of aromatic hydroxyl groups is 1. The molecule has 0 radical (unpaired) electrons. The van der Waals surface area contributed by atoms with Gasteiger partial charge in [-0.1, -0.05) is 30.3 Å². The second-order valence-electron chi connectivity index (χ2n) is 6.60. The molecule has 1 saturated heterocycles. The van der Waals surface area contributed by atoms with Crippen LogP contribution in [0.25, 0.3) is 5.76 Å². The summed E-state index contributed by atoms with van der Waals surface area (Å²) < 4.78 is 13.3. The summed E-state index contributed by atoms with van der Waals surface area (Å²) in [5.41, 5.74) is 1.15. The molecule has 4 rings (SSSR count). The van der Waals surface area contributed by atoms with E-state index in [1.54, 1.807) is 42.5 Å². The maximum Gasteiger partial charge on any atom is 0.300 e. The fourth-order valence-corrected chi connectivity index (χ4v) is 3.42. The Bertz CT molecular complexity index is 1110. The molecule has 0 bridgehead atoms. The van der Waals surface area contributed by atoms with Crippen molar-refractivity contribution in [1.29, 1.82) is 0 Å². The van der Waals surface area contributed by atoms with Crippen LogP contribution < -0.4 is 4.90 Å². The van der Waals surface area contributed by atoms with E-state index in [0.717, 1.165) is 12.1 Å². The number of para-hydroxylation sites is 1. The van der Waals surface area contributed by atoms with Gasteiger partial charge in [-0.3, -0.25) is 14.5 Å². The number of aliphatic hydroxyl groups is 1. The van der Waals surface area contributed by atoms with Crippen molar-refractivity contribution in [3.63, 3.8) is 0 Å². The zero-order valence-corrected chi connectivity index (χ0v) is 15.1. The molecule has 1 aliphatic rings. The molecule has 1 fully saturated rings. The third-order valence-electron chi connectivity index (χ3n) is 4.81. The molecule has 0 spiro atoms. The number of amides is 1. The highest BCUT2D eigenvalue weighted by molar-refractivity contribution is 6.51. The van der Waals surface area contributed by atoms with Gasteiger partial charge in [-0.2, -0.15) is 0 Å². The van der Waals surface area contributed by atoms with E-state index in [9.17, 15) is 24.2 Å². The van der Waals surface area contributed by atoms with Crippen LogP contribution in [-0.4, -0.2) is 21.9 Å². The molecule has 1 atom stereocenters. The molecule has 6 heteroatoms. The number of rotatable bonds is 3. The van der Waals surface area contributed by atoms with Gasteiger partial charge in [0.1, 0.15) is 17.3 Å². The van der Waals surface area contributed by atoms with Crippen LogP contribution in [0.2, 0.25) is 0 Å². The van der Waals surface area contributed by atoms with Gasteiger partial charge < -0.3 is 10.2 Å². The summed E-state index contributed by atoms with van der Waals surface area (Å²) in [7, 11) is 0. The molecule has 144 valence electrons. The van der Waals surface area contributed by atoms with Crippen LogP contribution in [-0.2, 0) is 9.59 Å². The largest absolute Gasteiger partial charge is 0.508 e. The molecule has 29 heavy (non-hydrogen) atoms. The Morgan fingerprint density at radius 3 is 2.10 bits per heavy atom. The van der Waals surface area contributed by atoms with Gasteiger partial charge in [0.15, 0.2) is 0 Å². The molecule has 0 saturated carbocycles. The van der Waals surface area contributed by atoms with E-state index in [1.807, 2.05) is 0 Å². The lowest BCUT2D eigenvalue weighted by Crippen LogP contribution is -2.29. The summed E-state index contributed by atoms with van der Waals surface area (Å²) in [5, 5.41) is 20.5. The average molecular weight is 389 g/mol. The highest BCUT2D eigenvalue weighted by atomic mass is 19.1. The van der Waals surface area contributed by atoms with Crippen LogP contribution in [0.4, 0.5) is 10.1 Å². The van der Waals surface area contributed by atoms with Crippen molar-refractivity contribution in [2.45, 2.75) is 6.04 Å². The third kappa shape index (κ3) is 3.25. The smallest absolute Gasteiger partial charge is 0.300 e. The average Bonchev–Trinajstić information content (AvgIpc) is 3.00. The van der Waals surface area contributed by atoms with Crippen molar-refractivity contribution < 1.29 is 24.2 Å². The highest BCUT2D eigenvalue weighted by Crippen LogP contribution is 2.42. The molecule has 1 aliphatic heterocycles. The van der Waals surface area contributed by atoms with E-state index in [0.29, 0.717) is 11.3 Å². The molecule has 0 aliphatic carbocycles. The van der Waals surface area contributed by atoms with E-state index in [4.69, 9.17) is 0 Å². The maximum absolute atomic E-state index is 13.3. The van der Waals surface area contributed by atoms with E-state index < -0.39 is 23.5 Å². The fraction of sp³-hybridized carbons (Fsp3) is 0.0435. The fourth-order valence-electron chi connectivity index (χ4n) is 3.42. The lowest BCUT2D eigenvalue weighted by Gasteiger charge is -2.25. The van der Waals surface area contributed by atoms with Crippen molar-refractivity contribution >= 4 is 23.1 Å². The summed E-state index contributed by atoms with van der Waals surface area (Å²) >= 11 is 0. The second kappa shape index (κ2) is 7.24. The number of halogens is 1. The van der Waals surface area contributed by atoms with Crippen LogP contribution in [0.1, 0.15) is 17.2 Å². The predicted molar refractivity (Wildman–Crippen MR) is 106 cm³/mol. The molecule has 1 amide bonds. The molecule has 5 nitrogen and oxygen atoms in total. The molecule has 3 aromatic carbocycles. The summed E-state index contributed by atoms with van der Waals surface area (Å²) in [4.78, 5) is 27.1. The number of carbonyl (C=O) groups excluding carboxylic acids is 2. The molecule has 1 unspecified atom stereocenters. The number of carbonyl (C=O) groups is 2. The van der Waals surface area contributed by atoms with Crippen LogP contribution in [0, 0.1) is 5.82 Å². The van der Waals surface area contributed by atoms with Crippen molar-refractivity contribution in [2.75, 3.05) is 4.90 Å². The zero-order valence-electron chi connectivity index (χ0n) is 15.1. The van der Waals surface area contributed by atoms with Crippen LogP contribution in [0.3, 0.4) is 0 Å². The van der Waals surface area contributed by atoms with E-state index in [2.05, 4.69) is 0 Å². The second-order valence-corrected chi connectivity index (χ2v) is 6.60. The predicted octanol–water partition coefficient (Wildman–Crippen LogP) is 4.16. The van der Waals surface area contributed by atoms with Gasteiger partial charge in [0.2, 0.25) is 0 Å². The quantitative estimate of drug-likeness (QED) is 0.401. The van der Waals surface area contributed by atoms with Gasteiger partial charge in [-0.25, -0.2) is 4.39 Å². The SMILES string of the molecule is O=C1C(=O)N(c2ccccc2)C(c2ccc(O)cc2)/C1=C(/O)c1ccc(F)cc1. The van der Waals surface area contributed by atoms with Gasteiger partial charge in [0, 0.05) is 11.3 Å². The lowest BCUT2D eigenvalue weighted by molar-refractivity contribution is -0.132. The lowest BCUT2D eigenvalue weighted by atomic mass is 9.95. The number of nitrogens with zero attached hydrogens (tertiary/aromatic N) is 1. The number of hydrogen-bond donors (Lipinski definition) is 2. The van der Waals surface area contributed by atoms with Gasteiger partial charge in [0.25, 0.3) is 11.7 Å². The van der Waals surface area contributed by atoms with Crippen molar-refractivity contribution in [3.8, 4) is 5.75 Å². The van der Waals surface area contributed by atoms with Crippen molar-refractivity contribution in [2.24, 2.45) is 0 Å². The molecular formula is C23H16FNO4. The van der Waals surface area contributed by atoms with E-state index in [-0.39, 0.29) is 22.6 Å². The number of phenols is 1. The van der Waals surface area contributed by atoms with Crippen molar-refractivity contribution in [1.82, 2.24) is 0 Å². The van der Waals surface area contributed by atoms with Gasteiger partial charge in [0.05, 0.1) is 11.6 Å². The van der Waals surface area contributed by atoms with Crippen LogP contribution in [0.5, 0.6) is 5.75 Å². The number of hydrogen-bond acceptors (Lipinski definition) is 4. The minimum Gasteiger partial charge on any atom is -0.508 e. The summed E-state index contributed by atoms with van der Waals surface area (Å²) in [6.45, 7) is 0. The topological polar surface area (TPSA) is 77.8 Å². The van der Waals surface area contributed by atoms with Crippen molar-refractivity contribution in [3.05, 3.63) is 101 Å². The molecule has 1 heterocycles. The summed E-state index contributed by atoms with van der Waals surface area (Å²) in [6.07, 6.45) is 0. The third-order valence-corrected chi connectivity index (χ3v) is 4.81. The van der Waals surface area contributed by atoms with E-state index >= 15 is 0 Å². The zero-order chi connectivity index (χ0) is 20.5. The summed E-state index contributed by atoms with van der Waals surface area (Å²) in [5.74, 6) is -2.46. The Morgan fingerprint density at radius 1 is 0.862 bits per heavy atom. The monoisotopic (exact) mass is 389 g/mol. The Balaban J connectivity index is 1.94. The molecule has 2 N–H and O–H groups in total. The van der Waals surface area contributed by atoms with Gasteiger partial charge >= 0.3 is 0 Å². The first kappa shape index (κ1) is 18.4. The number of phenolic OH excluding ortho intramolecular Hbond substituents is 1. The Morgan fingerprint density at radius 2 is 1.48 bits per heavy atom. The number of benzene rings is 3. The Kier molecular flexibility index (Phi) is 4.60. The Labute approximate surface area is 166 Å². The maximum atomic E-state index is 13.3. The van der Waals surface area contributed by atoms with Crippen LogP contribution >= 0.6 is 0 Å². The van der Waals surface area contributed by atoms with Crippen LogP contribution in [0.15, 0.2) is 84.4 Å². The van der Waals surface area contributed by atoms with Gasteiger partial charge in [-0.05, 0) is 54.1 Å². The first-order valence-electron chi connectivity index (χ1n) is 8.88.